The first-order chi connectivity index (χ1) is 9.84. The van der Waals surface area contributed by atoms with Crippen molar-refractivity contribution in [2.24, 2.45) is 0 Å². The highest BCUT2D eigenvalue weighted by atomic mass is 32.2. The molecule has 2 aromatic rings. The van der Waals surface area contributed by atoms with Crippen molar-refractivity contribution in [1.82, 2.24) is 0 Å². The molecule has 0 saturated heterocycles. The molecule has 1 fully saturated rings. The van der Waals surface area contributed by atoms with Crippen LogP contribution in [0.1, 0.15) is 30.4 Å². The molecule has 1 aliphatic rings. The maximum atomic E-state index is 14.8. The predicted molar refractivity (Wildman–Crippen MR) is 85.2 cm³/mol. The Morgan fingerprint density at radius 2 is 1.35 bits per heavy atom. The molecule has 0 N–H and O–H groups in total. The second kappa shape index (κ2) is 6.27. The molecule has 20 heavy (non-hydrogen) atoms. The van der Waals surface area contributed by atoms with Crippen LogP contribution >= 0.6 is 11.8 Å². The Balaban J connectivity index is 2.01. The lowest BCUT2D eigenvalue weighted by atomic mass is 9.99. The van der Waals surface area contributed by atoms with Crippen LogP contribution in [-0.4, -0.2) is 5.25 Å². The zero-order valence-corrected chi connectivity index (χ0v) is 12.1. The van der Waals surface area contributed by atoms with Crippen LogP contribution in [0.15, 0.2) is 65.8 Å². The molecule has 2 heteroatoms. The summed E-state index contributed by atoms with van der Waals surface area (Å²) in [6, 6.07) is 19.7. The molecule has 1 saturated carbocycles. The van der Waals surface area contributed by atoms with Crippen molar-refractivity contribution in [1.29, 1.82) is 0 Å². The van der Waals surface area contributed by atoms with E-state index in [1.807, 2.05) is 60.7 Å². The van der Waals surface area contributed by atoms with Gasteiger partial charge in [-0.1, -0.05) is 78.8 Å². The lowest BCUT2D eigenvalue weighted by Crippen LogP contribution is -2.12. The fourth-order valence-corrected chi connectivity index (χ4v) is 3.51. The van der Waals surface area contributed by atoms with Gasteiger partial charge >= 0.3 is 0 Å². The fourth-order valence-electron chi connectivity index (χ4n) is 2.30. The summed E-state index contributed by atoms with van der Waals surface area (Å²) in [6.45, 7) is 0. The number of thioether (sulfide) groups is 1. The van der Waals surface area contributed by atoms with E-state index >= 15 is 0 Å². The zero-order chi connectivity index (χ0) is 13.8. The molecule has 1 aliphatic carbocycles. The molecular formula is C18H17FS. The summed E-state index contributed by atoms with van der Waals surface area (Å²) in [5.41, 5.74) is 2.62. The number of rotatable bonds is 4. The minimum Gasteiger partial charge on any atom is -0.199 e. The molecule has 0 unspecified atom stereocenters. The molecule has 0 aliphatic heterocycles. The van der Waals surface area contributed by atoms with Gasteiger partial charge in [-0.3, -0.25) is 0 Å². The van der Waals surface area contributed by atoms with E-state index in [1.54, 1.807) is 0 Å². The molecule has 2 aromatic carbocycles. The number of halogens is 1. The van der Waals surface area contributed by atoms with E-state index in [1.165, 1.54) is 18.2 Å². The first kappa shape index (κ1) is 13.4. The molecule has 0 bridgehead atoms. The van der Waals surface area contributed by atoms with Gasteiger partial charge in [-0.25, -0.2) is 0 Å². The normalized spacial score (nSPS) is 14.7. The van der Waals surface area contributed by atoms with Gasteiger partial charge in [0.25, 0.3) is 0 Å². The van der Waals surface area contributed by atoms with Gasteiger partial charge in [0.05, 0.1) is 0 Å². The van der Waals surface area contributed by atoms with E-state index in [9.17, 15) is 4.39 Å². The minimum atomic E-state index is -0.0490. The summed E-state index contributed by atoms with van der Waals surface area (Å²) in [7, 11) is 0. The maximum absolute atomic E-state index is 14.8. The van der Waals surface area contributed by atoms with Crippen LogP contribution in [-0.2, 0) is 0 Å². The lowest BCUT2D eigenvalue weighted by molar-refractivity contribution is 0.520. The van der Waals surface area contributed by atoms with Crippen molar-refractivity contribution in [3.8, 4) is 0 Å². The molecule has 0 amide bonds. The van der Waals surface area contributed by atoms with E-state index in [4.69, 9.17) is 0 Å². The van der Waals surface area contributed by atoms with Crippen molar-refractivity contribution in [2.45, 2.75) is 24.5 Å². The average Bonchev–Trinajstić information content (AvgIpc) is 2.46. The summed E-state index contributed by atoms with van der Waals surface area (Å²) in [4.78, 5) is 0. The first-order valence-corrected chi connectivity index (χ1v) is 7.90. The molecule has 0 atom stereocenters. The number of hydrogen-bond acceptors (Lipinski definition) is 1. The van der Waals surface area contributed by atoms with Gasteiger partial charge in [0.2, 0.25) is 0 Å². The molecular weight excluding hydrogens is 267 g/mol. The Morgan fingerprint density at radius 1 is 0.850 bits per heavy atom. The van der Waals surface area contributed by atoms with Crippen molar-refractivity contribution < 1.29 is 4.39 Å². The highest BCUT2D eigenvalue weighted by molar-refractivity contribution is 8.03. The van der Waals surface area contributed by atoms with Gasteiger partial charge in [-0.05, 0) is 24.0 Å². The molecule has 3 rings (SSSR count). The lowest BCUT2D eigenvalue weighted by Gasteiger charge is -2.24. The largest absolute Gasteiger partial charge is 0.199 e. The monoisotopic (exact) mass is 284 g/mol. The van der Waals surface area contributed by atoms with Crippen LogP contribution in [0, 0.1) is 0 Å². The van der Waals surface area contributed by atoms with E-state index in [-0.39, 0.29) is 5.16 Å². The van der Waals surface area contributed by atoms with Crippen molar-refractivity contribution in [3.63, 3.8) is 0 Å². The third kappa shape index (κ3) is 2.96. The zero-order valence-electron chi connectivity index (χ0n) is 11.3. The summed E-state index contributed by atoms with van der Waals surface area (Å²) in [5.74, 6) is 0. The molecule has 0 aromatic heterocycles. The van der Waals surface area contributed by atoms with Crippen LogP contribution in [0.25, 0.3) is 5.57 Å². The molecule has 0 nitrogen and oxygen atoms in total. The molecule has 0 radical (unpaired) electrons. The summed E-state index contributed by atoms with van der Waals surface area (Å²) in [5, 5.41) is 0.407. The van der Waals surface area contributed by atoms with E-state index in [0.717, 1.165) is 29.5 Å². The van der Waals surface area contributed by atoms with Crippen molar-refractivity contribution in [3.05, 3.63) is 76.9 Å². The SMILES string of the molecule is FC(SC1CCC1)=C(c1ccccc1)c1ccccc1. The molecule has 102 valence electrons. The van der Waals surface area contributed by atoms with Crippen molar-refractivity contribution >= 4 is 17.3 Å². The Hall–Kier alpha value is -1.54. The van der Waals surface area contributed by atoms with Crippen LogP contribution < -0.4 is 0 Å². The van der Waals surface area contributed by atoms with Gasteiger partial charge < -0.3 is 0 Å². The first-order valence-electron chi connectivity index (χ1n) is 7.02. The van der Waals surface area contributed by atoms with E-state index < -0.39 is 0 Å². The number of hydrogen-bond donors (Lipinski definition) is 0. The smallest absolute Gasteiger partial charge is 0.165 e. The van der Waals surface area contributed by atoms with Crippen LogP contribution in [0.4, 0.5) is 4.39 Å². The topological polar surface area (TPSA) is 0 Å². The predicted octanol–water partition coefficient (Wildman–Crippen LogP) is 5.66. The Kier molecular flexibility index (Phi) is 4.22. The third-order valence-corrected chi connectivity index (χ3v) is 4.86. The quantitative estimate of drug-likeness (QED) is 0.698. The molecule has 0 spiro atoms. The Morgan fingerprint density at radius 3 is 1.75 bits per heavy atom. The maximum Gasteiger partial charge on any atom is 0.165 e. The van der Waals surface area contributed by atoms with Crippen LogP contribution in [0.3, 0.4) is 0 Å². The molecule has 0 heterocycles. The fraction of sp³-hybridized carbons (Fsp3) is 0.222. The second-order valence-electron chi connectivity index (χ2n) is 5.05. The highest BCUT2D eigenvalue weighted by Gasteiger charge is 2.22. The van der Waals surface area contributed by atoms with Gasteiger partial charge in [0.15, 0.2) is 5.16 Å². The van der Waals surface area contributed by atoms with E-state index in [0.29, 0.717) is 5.25 Å². The second-order valence-corrected chi connectivity index (χ2v) is 6.31. The number of benzene rings is 2. The van der Waals surface area contributed by atoms with Crippen LogP contribution in [0.2, 0.25) is 0 Å². The summed E-state index contributed by atoms with van der Waals surface area (Å²) in [6.07, 6.45) is 3.50. The Bertz CT molecular complexity index is 544. The van der Waals surface area contributed by atoms with Gasteiger partial charge in [-0.15, -0.1) is 0 Å². The van der Waals surface area contributed by atoms with Crippen LogP contribution in [0.5, 0.6) is 0 Å². The van der Waals surface area contributed by atoms with Crippen molar-refractivity contribution in [2.75, 3.05) is 0 Å². The Labute approximate surface area is 123 Å². The third-order valence-electron chi connectivity index (χ3n) is 3.64. The average molecular weight is 284 g/mol. The highest BCUT2D eigenvalue weighted by Crippen LogP contribution is 2.41. The van der Waals surface area contributed by atoms with Gasteiger partial charge in [0.1, 0.15) is 0 Å². The van der Waals surface area contributed by atoms with E-state index in [2.05, 4.69) is 0 Å². The minimum absolute atomic E-state index is 0.0490. The summed E-state index contributed by atoms with van der Waals surface area (Å²) < 4.78 is 14.8. The standard InChI is InChI=1S/C18H17FS/c19-18(20-16-12-7-13-16)17(14-8-3-1-4-9-14)15-10-5-2-6-11-15/h1-6,8-11,16H,7,12-13H2. The van der Waals surface area contributed by atoms with Gasteiger partial charge in [0, 0.05) is 10.8 Å². The summed E-state index contributed by atoms with van der Waals surface area (Å²) >= 11 is 1.40. The van der Waals surface area contributed by atoms with Gasteiger partial charge in [-0.2, -0.15) is 4.39 Å².